The lowest BCUT2D eigenvalue weighted by atomic mass is 9.97. The van der Waals surface area contributed by atoms with E-state index in [0.29, 0.717) is 10.3 Å². The lowest BCUT2D eigenvalue weighted by Crippen LogP contribution is -2.14. The minimum absolute atomic E-state index is 0.0625. The molecule has 10 heteroatoms. The molecule has 2 aliphatic carbocycles. The highest BCUT2D eigenvalue weighted by atomic mass is 32.2. The van der Waals surface area contributed by atoms with Gasteiger partial charge in [-0.05, 0) is 63.9 Å². The SMILES string of the molecule is Cc1nc2sc3c(c2c2nnc(SCC(=O)Nc4nc5c(s4)CCCC5)n12)CCCC3. The number of hydrogen-bond donors (Lipinski definition) is 1. The van der Waals surface area contributed by atoms with Gasteiger partial charge >= 0.3 is 0 Å². The molecule has 0 aliphatic heterocycles. The molecule has 0 spiro atoms. The van der Waals surface area contributed by atoms with Crippen molar-refractivity contribution >= 4 is 61.3 Å². The smallest absolute Gasteiger partial charge is 0.236 e. The molecule has 0 fully saturated rings. The monoisotopic (exact) mass is 470 g/mol. The largest absolute Gasteiger partial charge is 0.301 e. The highest BCUT2D eigenvalue weighted by Gasteiger charge is 2.23. The van der Waals surface area contributed by atoms with Gasteiger partial charge in [0.15, 0.2) is 15.9 Å². The maximum Gasteiger partial charge on any atom is 0.236 e. The molecule has 31 heavy (non-hydrogen) atoms. The van der Waals surface area contributed by atoms with Crippen molar-refractivity contribution in [1.29, 1.82) is 0 Å². The summed E-state index contributed by atoms with van der Waals surface area (Å²) < 4.78 is 2.00. The second-order valence-corrected chi connectivity index (χ2v) is 11.2. The molecule has 7 nitrogen and oxygen atoms in total. The van der Waals surface area contributed by atoms with Gasteiger partial charge in [-0.15, -0.1) is 32.9 Å². The molecule has 0 radical (unpaired) electrons. The van der Waals surface area contributed by atoms with E-state index in [-0.39, 0.29) is 11.7 Å². The van der Waals surface area contributed by atoms with Crippen LogP contribution in [0, 0.1) is 6.92 Å². The molecule has 4 aromatic rings. The number of hydrogen-bond acceptors (Lipinski definition) is 8. The van der Waals surface area contributed by atoms with Crippen molar-refractivity contribution in [2.24, 2.45) is 0 Å². The topological polar surface area (TPSA) is 85.1 Å². The number of amides is 1. The molecule has 4 aromatic heterocycles. The van der Waals surface area contributed by atoms with E-state index in [2.05, 4.69) is 20.5 Å². The van der Waals surface area contributed by atoms with Crippen molar-refractivity contribution in [3.63, 3.8) is 0 Å². The van der Waals surface area contributed by atoms with Crippen molar-refractivity contribution in [2.45, 2.75) is 63.4 Å². The third kappa shape index (κ3) is 3.44. The van der Waals surface area contributed by atoms with Gasteiger partial charge in [0, 0.05) is 9.75 Å². The zero-order valence-corrected chi connectivity index (χ0v) is 19.7. The molecule has 0 saturated carbocycles. The van der Waals surface area contributed by atoms with E-state index in [1.807, 2.05) is 11.3 Å². The van der Waals surface area contributed by atoms with Crippen molar-refractivity contribution in [2.75, 3.05) is 11.1 Å². The Labute approximate surface area is 191 Å². The highest BCUT2D eigenvalue weighted by molar-refractivity contribution is 7.99. The number of nitrogens with zero attached hydrogens (tertiary/aromatic N) is 5. The molecule has 1 amide bonds. The molecular weight excluding hydrogens is 448 g/mol. The van der Waals surface area contributed by atoms with Gasteiger partial charge in [-0.2, -0.15) is 0 Å². The van der Waals surface area contributed by atoms with E-state index in [4.69, 9.17) is 4.98 Å². The summed E-state index contributed by atoms with van der Waals surface area (Å²) in [5, 5.41) is 14.5. The van der Waals surface area contributed by atoms with Gasteiger partial charge in [0.05, 0.1) is 16.8 Å². The van der Waals surface area contributed by atoms with Crippen LogP contribution in [0.4, 0.5) is 5.13 Å². The van der Waals surface area contributed by atoms with E-state index in [9.17, 15) is 4.79 Å². The summed E-state index contributed by atoms with van der Waals surface area (Å²) in [6, 6.07) is 0. The van der Waals surface area contributed by atoms with Crippen LogP contribution in [0.5, 0.6) is 0 Å². The van der Waals surface area contributed by atoms with Crippen LogP contribution in [0.2, 0.25) is 0 Å². The highest BCUT2D eigenvalue weighted by Crippen LogP contribution is 2.38. The molecule has 0 unspecified atom stereocenters. The Hall–Kier alpha value is -2.04. The lowest BCUT2D eigenvalue weighted by molar-refractivity contribution is -0.113. The zero-order valence-electron chi connectivity index (χ0n) is 17.2. The Bertz CT molecular complexity index is 1300. The van der Waals surface area contributed by atoms with Gasteiger partial charge in [-0.25, -0.2) is 9.97 Å². The van der Waals surface area contributed by atoms with Crippen molar-refractivity contribution in [1.82, 2.24) is 24.6 Å². The number of fused-ring (bicyclic) bond motifs is 6. The number of thiophene rings is 1. The summed E-state index contributed by atoms with van der Waals surface area (Å²) in [4.78, 5) is 25.9. The van der Waals surface area contributed by atoms with Gasteiger partial charge in [-0.3, -0.25) is 9.20 Å². The van der Waals surface area contributed by atoms with Crippen LogP contribution in [0.1, 0.15) is 52.5 Å². The number of thiazole rings is 1. The number of aryl methyl sites for hydroxylation is 5. The molecule has 0 bridgehead atoms. The first kappa shape index (κ1) is 19.6. The second kappa shape index (κ2) is 7.83. The Balaban J connectivity index is 1.24. The van der Waals surface area contributed by atoms with Crippen LogP contribution in [0.15, 0.2) is 5.16 Å². The number of carbonyl (C=O) groups excluding carboxylic acids is 1. The van der Waals surface area contributed by atoms with E-state index >= 15 is 0 Å². The van der Waals surface area contributed by atoms with Crippen LogP contribution in [-0.2, 0) is 30.5 Å². The Kier molecular flexibility index (Phi) is 4.96. The van der Waals surface area contributed by atoms with Crippen molar-refractivity contribution in [3.8, 4) is 0 Å². The third-order valence-electron chi connectivity index (χ3n) is 6.02. The van der Waals surface area contributed by atoms with E-state index in [0.717, 1.165) is 53.1 Å². The zero-order chi connectivity index (χ0) is 20.9. The average Bonchev–Trinajstić information content (AvgIpc) is 3.46. The number of carbonyl (C=O) groups is 1. The number of aromatic nitrogens is 5. The van der Waals surface area contributed by atoms with Crippen LogP contribution in [-0.4, -0.2) is 36.2 Å². The standard InChI is InChI=1S/C21H22N6OS3/c1-11-22-19-17(12-6-2-4-8-14(12)30-19)18-25-26-21(27(11)18)29-10-16(28)24-20-23-13-7-3-5-9-15(13)31-20/h2-10H2,1H3,(H,23,24,28). The predicted octanol–water partition coefficient (Wildman–Crippen LogP) is 4.59. The summed E-state index contributed by atoms with van der Waals surface area (Å²) in [5.74, 6) is 1.07. The van der Waals surface area contributed by atoms with E-state index in [1.165, 1.54) is 52.8 Å². The number of thioether (sulfide) groups is 1. The van der Waals surface area contributed by atoms with Crippen LogP contribution < -0.4 is 5.32 Å². The number of rotatable bonds is 4. The maximum absolute atomic E-state index is 12.6. The fraction of sp³-hybridized carbons (Fsp3) is 0.476. The molecule has 6 rings (SSSR count). The molecule has 160 valence electrons. The molecule has 4 heterocycles. The minimum atomic E-state index is -0.0625. The molecule has 2 aliphatic rings. The van der Waals surface area contributed by atoms with E-state index < -0.39 is 0 Å². The predicted molar refractivity (Wildman–Crippen MR) is 126 cm³/mol. The van der Waals surface area contributed by atoms with Gasteiger partial charge in [0.1, 0.15) is 10.7 Å². The Morgan fingerprint density at radius 3 is 2.71 bits per heavy atom. The summed E-state index contributed by atoms with van der Waals surface area (Å²) in [5.41, 5.74) is 3.43. The summed E-state index contributed by atoms with van der Waals surface area (Å²) >= 11 is 4.81. The van der Waals surface area contributed by atoms with Crippen molar-refractivity contribution in [3.05, 3.63) is 26.8 Å². The fourth-order valence-corrected chi connectivity index (χ4v) is 7.71. The summed E-state index contributed by atoms with van der Waals surface area (Å²) in [6.45, 7) is 1.98. The van der Waals surface area contributed by atoms with Crippen LogP contribution in [0.25, 0.3) is 15.9 Å². The van der Waals surface area contributed by atoms with Gasteiger partial charge < -0.3 is 5.32 Å². The average molecular weight is 471 g/mol. The normalized spacial score (nSPS) is 15.9. The number of nitrogens with one attached hydrogen (secondary N) is 1. The first-order valence-corrected chi connectivity index (χ1v) is 13.4. The molecule has 0 saturated heterocycles. The first-order chi connectivity index (χ1) is 15.2. The fourth-order valence-electron chi connectivity index (χ4n) is 4.57. The Morgan fingerprint density at radius 1 is 1.03 bits per heavy atom. The molecular formula is C21H22N6OS3. The van der Waals surface area contributed by atoms with Gasteiger partial charge in [0.2, 0.25) is 5.91 Å². The summed E-state index contributed by atoms with van der Waals surface area (Å²) in [7, 11) is 0. The molecule has 1 N–H and O–H groups in total. The molecule has 0 atom stereocenters. The quantitative estimate of drug-likeness (QED) is 0.439. The van der Waals surface area contributed by atoms with Crippen LogP contribution in [0.3, 0.4) is 0 Å². The lowest BCUT2D eigenvalue weighted by Gasteiger charge is -2.10. The third-order valence-corrected chi connectivity index (χ3v) is 9.21. The van der Waals surface area contributed by atoms with E-state index in [1.54, 1.807) is 22.7 Å². The number of anilines is 1. The molecule has 0 aromatic carbocycles. The van der Waals surface area contributed by atoms with Crippen molar-refractivity contribution < 1.29 is 4.79 Å². The first-order valence-electron chi connectivity index (χ1n) is 10.7. The minimum Gasteiger partial charge on any atom is -0.301 e. The van der Waals surface area contributed by atoms with Crippen LogP contribution >= 0.6 is 34.4 Å². The summed E-state index contributed by atoms with van der Waals surface area (Å²) in [6.07, 6.45) is 9.20. The van der Waals surface area contributed by atoms with Gasteiger partial charge in [0.25, 0.3) is 0 Å². The second-order valence-electron chi connectivity index (χ2n) is 8.12. The Morgan fingerprint density at radius 2 is 1.84 bits per heavy atom. The van der Waals surface area contributed by atoms with Gasteiger partial charge in [-0.1, -0.05) is 11.8 Å². The maximum atomic E-state index is 12.6.